The maximum Gasteiger partial charge on any atom is 0.344 e. The summed E-state index contributed by atoms with van der Waals surface area (Å²) in [6.07, 6.45) is 1.50. The van der Waals surface area contributed by atoms with Crippen LogP contribution in [0.1, 0.15) is 22.8 Å². The Balaban J connectivity index is 2.02. The molecule has 0 radical (unpaired) electrons. The van der Waals surface area contributed by atoms with Crippen molar-refractivity contribution in [3.63, 3.8) is 0 Å². The Morgan fingerprint density at radius 2 is 1.82 bits per heavy atom. The van der Waals surface area contributed by atoms with Gasteiger partial charge in [-0.05, 0) is 31.2 Å². The number of esters is 1. The van der Waals surface area contributed by atoms with E-state index in [2.05, 4.69) is 4.99 Å². The van der Waals surface area contributed by atoms with Crippen LogP contribution in [0.3, 0.4) is 0 Å². The maximum atomic E-state index is 12.7. The Labute approximate surface area is 198 Å². The molecule has 1 aliphatic rings. The first-order valence-corrected chi connectivity index (χ1v) is 10.8. The number of benzene rings is 2. The average Bonchev–Trinajstić information content (AvgIpc) is 3.08. The molecule has 0 saturated carbocycles. The summed E-state index contributed by atoms with van der Waals surface area (Å²) < 4.78 is 10.3. The minimum absolute atomic E-state index is 0.0499. The van der Waals surface area contributed by atoms with Gasteiger partial charge in [0.05, 0.1) is 22.1 Å². The summed E-state index contributed by atoms with van der Waals surface area (Å²) in [6, 6.07) is 12.9. The molecule has 0 aromatic heterocycles. The zero-order valence-corrected chi connectivity index (χ0v) is 18.9. The molecule has 0 bridgehead atoms. The Morgan fingerprint density at radius 1 is 1.12 bits per heavy atom. The van der Waals surface area contributed by atoms with Crippen LogP contribution in [0.2, 0.25) is 5.02 Å². The van der Waals surface area contributed by atoms with Crippen molar-refractivity contribution in [2.75, 3.05) is 13.2 Å². The van der Waals surface area contributed by atoms with Gasteiger partial charge in [-0.15, -0.1) is 0 Å². The van der Waals surface area contributed by atoms with E-state index in [1.54, 1.807) is 43.3 Å². The molecule has 0 atom stereocenters. The zero-order chi connectivity index (χ0) is 24.0. The van der Waals surface area contributed by atoms with Crippen LogP contribution >= 0.6 is 23.4 Å². The van der Waals surface area contributed by atoms with E-state index in [9.17, 15) is 19.5 Å². The van der Waals surface area contributed by atoms with Crippen molar-refractivity contribution in [2.24, 2.45) is 4.99 Å². The Kier molecular flexibility index (Phi) is 7.92. The fraction of sp³-hybridized carbons (Fsp3) is 0.130. The number of aliphatic hydroxyl groups is 1. The topological polar surface area (TPSA) is 122 Å². The van der Waals surface area contributed by atoms with E-state index < -0.39 is 30.2 Å². The first kappa shape index (κ1) is 24.1. The summed E-state index contributed by atoms with van der Waals surface area (Å²) in [6.45, 7) is 1.11. The van der Waals surface area contributed by atoms with Gasteiger partial charge >= 0.3 is 11.9 Å². The van der Waals surface area contributed by atoms with Crippen LogP contribution < -0.4 is 4.74 Å². The summed E-state index contributed by atoms with van der Waals surface area (Å²) in [7, 11) is 0. The van der Waals surface area contributed by atoms with Crippen molar-refractivity contribution < 1.29 is 34.1 Å². The number of hydrogen-bond donors (Lipinski definition) is 2. The second kappa shape index (κ2) is 10.8. The molecule has 0 saturated heterocycles. The van der Waals surface area contributed by atoms with Gasteiger partial charge in [0, 0.05) is 5.56 Å². The Hall–Kier alpha value is -3.56. The Morgan fingerprint density at radius 3 is 2.52 bits per heavy atom. The lowest BCUT2D eigenvalue weighted by molar-refractivity contribution is -0.139. The number of aliphatic hydroxyl groups excluding tert-OH is 1. The zero-order valence-electron chi connectivity index (χ0n) is 17.3. The number of para-hydroxylation sites is 1. The van der Waals surface area contributed by atoms with Gasteiger partial charge in [-0.1, -0.05) is 53.7 Å². The Bertz CT molecular complexity index is 1200. The predicted molar refractivity (Wildman–Crippen MR) is 125 cm³/mol. The summed E-state index contributed by atoms with van der Waals surface area (Å²) in [5, 5.41) is 19.8. The number of carboxylic acids is 1. The number of thioether (sulfide) groups is 1. The fourth-order valence-electron chi connectivity index (χ4n) is 2.79. The number of amides is 1. The highest BCUT2D eigenvalue weighted by molar-refractivity contribution is 8.18. The lowest BCUT2D eigenvalue weighted by atomic mass is 10.1. The van der Waals surface area contributed by atoms with Gasteiger partial charge in [-0.25, -0.2) is 14.6 Å². The van der Waals surface area contributed by atoms with Crippen molar-refractivity contribution in [1.29, 1.82) is 0 Å². The van der Waals surface area contributed by atoms with Gasteiger partial charge in [0.1, 0.15) is 22.1 Å². The number of hydrogen-bond acceptors (Lipinski definition) is 7. The summed E-state index contributed by atoms with van der Waals surface area (Å²) >= 11 is 6.96. The van der Waals surface area contributed by atoms with E-state index in [-0.39, 0.29) is 38.5 Å². The molecular weight excluding hydrogens is 470 g/mol. The summed E-state index contributed by atoms with van der Waals surface area (Å²) in [5.74, 6) is -2.84. The van der Waals surface area contributed by atoms with Crippen molar-refractivity contribution >= 4 is 52.3 Å². The molecule has 2 N–H and O–H groups in total. The van der Waals surface area contributed by atoms with Gasteiger partial charge in [0.2, 0.25) is 0 Å². The van der Waals surface area contributed by atoms with E-state index in [0.717, 1.165) is 11.8 Å². The van der Waals surface area contributed by atoms with Gasteiger partial charge < -0.3 is 19.7 Å². The van der Waals surface area contributed by atoms with E-state index in [4.69, 9.17) is 26.2 Å². The molecule has 1 aliphatic heterocycles. The number of halogens is 1. The van der Waals surface area contributed by atoms with Gasteiger partial charge in [0.25, 0.3) is 5.91 Å². The quantitative estimate of drug-likeness (QED) is 0.547. The lowest BCUT2D eigenvalue weighted by Gasteiger charge is -2.07. The fourth-order valence-corrected chi connectivity index (χ4v) is 4.01. The molecule has 0 aliphatic carbocycles. The van der Waals surface area contributed by atoms with Crippen LogP contribution in [0, 0.1) is 0 Å². The molecule has 1 heterocycles. The van der Waals surface area contributed by atoms with Crippen LogP contribution in [-0.2, 0) is 14.3 Å². The van der Waals surface area contributed by atoms with Gasteiger partial charge in [0.15, 0.2) is 6.61 Å². The summed E-state index contributed by atoms with van der Waals surface area (Å²) in [5.41, 5.74) is 0.340. The number of carboxylic acid groups (broad SMARTS) is 1. The van der Waals surface area contributed by atoms with Gasteiger partial charge in [-0.3, -0.25) is 4.79 Å². The van der Waals surface area contributed by atoms with Crippen molar-refractivity contribution in [2.45, 2.75) is 6.92 Å². The predicted octanol–water partition coefficient (Wildman–Crippen LogP) is 4.51. The number of aliphatic imine (C=N–C) groups is 1. The molecule has 2 aromatic rings. The standard InChI is InChI=1S/C23H18ClNO7S/c1-2-31-23(30)19-20(28)17(11-13-7-3-6-10-16(13)32-12-18(26)27)33-22(19)25-21(29)14-8-4-5-9-15(14)24/h3-11,28H,2,12H2,1H3,(H,26,27)/b17-11-,25-22?. The third-order valence-corrected chi connectivity index (χ3v) is 5.58. The molecule has 1 amide bonds. The molecule has 0 unspecified atom stereocenters. The molecule has 0 fully saturated rings. The number of aliphatic carboxylic acids is 1. The van der Waals surface area contributed by atoms with E-state index >= 15 is 0 Å². The third-order valence-electron chi connectivity index (χ3n) is 4.23. The van der Waals surface area contributed by atoms with Crippen LogP contribution in [-0.4, -0.2) is 46.3 Å². The number of rotatable bonds is 7. The summed E-state index contributed by atoms with van der Waals surface area (Å²) in [4.78, 5) is 40.2. The largest absolute Gasteiger partial charge is 0.506 e. The normalized spacial score (nSPS) is 15.7. The van der Waals surface area contributed by atoms with Crippen molar-refractivity contribution in [3.05, 3.63) is 80.9 Å². The molecule has 3 rings (SSSR count). The van der Waals surface area contributed by atoms with E-state index in [1.807, 2.05) is 0 Å². The maximum absolute atomic E-state index is 12.7. The molecule has 170 valence electrons. The number of ether oxygens (including phenoxy) is 2. The van der Waals surface area contributed by atoms with Crippen LogP contribution in [0.15, 0.2) is 69.8 Å². The molecule has 2 aromatic carbocycles. The molecule has 10 heteroatoms. The third kappa shape index (κ3) is 5.82. The SMILES string of the molecule is CCOC(=O)C1=C(O)/C(=C/c2ccccc2OCC(=O)O)SC1=NC(=O)c1ccccc1Cl. The second-order valence-electron chi connectivity index (χ2n) is 6.48. The van der Waals surface area contributed by atoms with Crippen LogP contribution in [0.5, 0.6) is 5.75 Å². The van der Waals surface area contributed by atoms with Crippen molar-refractivity contribution in [3.8, 4) is 5.75 Å². The minimum Gasteiger partial charge on any atom is -0.506 e. The monoisotopic (exact) mass is 487 g/mol. The lowest BCUT2D eigenvalue weighted by Crippen LogP contribution is -2.14. The molecule has 0 spiro atoms. The highest BCUT2D eigenvalue weighted by Crippen LogP contribution is 2.40. The minimum atomic E-state index is -1.15. The van der Waals surface area contributed by atoms with E-state index in [1.165, 1.54) is 18.2 Å². The number of carbonyl (C=O) groups is 3. The highest BCUT2D eigenvalue weighted by atomic mass is 35.5. The molecular formula is C23H18ClNO7S. The second-order valence-corrected chi connectivity index (χ2v) is 7.91. The number of carbonyl (C=O) groups excluding carboxylic acids is 2. The average molecular weight is 488 g/mol. The first-order valence-electron chi connectivity index (χ1n) is 9.63. The smallest absolute Gasteiger partial charge is 0.344 e. The van der Waals surface area contributed by atoms with Gasteiger partial charge in [-0.2, -0.15) is 0 Å². The molecule has 8 nitrogen and oxygen atoms in total. The molecule has 33 heavy (non-hydrogen) atoms. The number of nitrogens with zero attached hydrogens (tertiary/aromatic N) is 1. The van der Waals surface area contributed by atoms with E-state index in [0.29, 0.717) is 5.56 Å². The van der Waals surface area contributed by atoms with Crippen LogP contribution in [0.4, 0.5) is 0 Å². The van der Waals surface area contributed by atoms with Crippen LogP contribution in [0.25, 0.3) is 6.08 Å². The first-order chi connectivity index (χ1) is 15.8. The highest BCUT2D eigenvalue weighted by Gasteiger charge is 2.34. The van der Waals surface area contributed by atoms with Crippen molar-refractivity contribution in [1.82, 2.24) is 0 Å².